The Kier molecular flexibility index (Phi) is 3.25. The van der Waals surface area contributed by atoms with Crippen molar-refractivity contribution in [2.24, 2.45) is 0 Å². The highest BCUT2D eigenvalue weighted by Gasteiger charge is 2.16. The fraction of sp³-hybridized carbons (Fsp3) is 0.625. The first kappa shape index (κ1) is 10.1. The van der Waals surface area contributed by atoms with Crippen LogP contribution in [0.5, 0.6) is 0 Å². The van der Waals surface area contributed by atoms with Gasteiger partial charge in [-0.1, -0.05) is 0 Å². The number of nitrogens with zero attached hydrogens (tertiary/aromatic N) is 2. The molecular formula is C8H12N4O3. The molecule has 1 fully saturated rings. The number of H-pyrrole nitrogens is 1. The minimum absolute atomic E-state index is 0.0744. The van der Waals surface area contributed by atoms with Crippen molar-refractivity contribution in [1.82, 2.24) is 20.7 Å². The summed E-state index contributed by atoms with van der Waals surface area (Å²) in [4.78, 5) is 11.4. The average Bonchev–Trinajstić information content (AvgIpc) is 2.81. The smallest absolute Gasteiger partial charge is 0.273 e. The molecule has 2 N–H and O–H groups in total. The Bertz CT molecular complexity index is 308. The molecule has 0 bridgehead atoms. The third-order valence-electron chi connectivity index (χ3n) is 2.02. The van der Waals surface area contributed by atoms with E-state index in [-0.39, 0.29) is 17.7 Å². The molecule has 15 heavy (non-hydrogen) atoms. The molecule has 1 saturated heterocycles. The van der Waals surface area contributed by atoms with Crippen LogP contribution < -0.4 is 5.32 Å². The zero-order chi connectivity index (χ0) is 10.5. The van der Waals surface area contributed by atoms with Gasteiger partial charge in [-0.15, -0.1) is 0 Å². The number of aromatic amines is 1. The lowest BCUT2D eigenvalue weighted by Crippen LogP contribution is -2.39. The predicted octanol–water partition coefficient (Wildman–Crippen LogP) is -1.05. The first-order valence-corrected chi connectivity index (χ1v) is 4.69. The summed E-state index contributed by atoms with van der Waals surface area (Å²) in [6, 6.07) is 0. The molecule has 0 aliphatic carbocycles. The maximum absolute atomic E-state index is 11.4. The molecule has 1 aliphatic heterocycles. The summed E-state index contributed by atoms with van der Waals surface area (Å²) in [5, 5.41) is 12.3. The Morgan fingerprint density at radius 3 is 3.27 bits per heavy atom. The fourth-order valence-electron chi connectivity index (χ4n) is 1.26. The van der Waals surface area contributed by atoms with Gasteiger partial charge in [0.05, 0.1) is 32.1 Å². The maximum Gasteiger partial charge on any atom is 0.273 e. The average molecular weight is 212 g/mol. The summed E-state index contributed by atoms with van der Waals surface area (Å²) in [6.45, 7) is 2.13. The topological polar surface area (TPSA) is 89.1 Å². The number of aromatic nitrogens is 3. The predicted molar refractivity (Wildman–Crippen MR) is 49.3 cm³/mol. The quantitative estimate of drug-likeness (QED) is 0.667. The molecule has 0 spiro atoms. The highest BCUT2D eigenvalue weighted by Crippen LogP contribution is 1.99. The molecule has 0 radical (unpaired) electrons. The second-order valence-corrected chi connectivity index (χ2v) is 3.13. The summed E-state index contributed by atoms with van der Waals surface area (Å²) in [6.07, 6.45) is 1.29. The maximum atomic E-state index is 11.4. The summed E-state index contributed by atoms with van der Waals surface area (Å²) >= 11 is 0. The minimum atomic E-state index is -0.266. The Labute approximate surface area is 86.1 Å². The van der Waals surface area contributed by atoms with Gasteiger partial charge in [-0.3, -0.25) is 4.79 Å². The van der Waals surface area contributed by atoms with Crippen molar-refractivity contribution in [2.45, 2.75) is 6.10 Å². The number of ether oxygens (including phenoxy) is 2. The Hall–Kier alpha value is -1.47. The monoisotopic (exact) mass is 212 g/mol. The lowest BCUT2D eigenvalue weighted by atomic mass is 10.3. The fourth-order valence-corrected chi connectivity index (χ4v) is 1.26. The van der Waals surface area contributed by atoms with Gasteiger partial charge in [0.15, 0.2) is 5.69 Å². The molecule has 0 saturated carbocycles. The Morgan fingerprint density at radius 1 is 1.67 bits per heavy atom. The van der Waals surface area contributed by atoms with E-state index >= 15 is 0 Å². The van der Waals surface area contributed by atoms with Crippen LogP contribution in [0.25, 0.3) is 0 Å². The highest BCUT2D eigenvalue weighted by atomic mass is 16.6. The number of carbonyl (C=O) groups excluding carboxylic acids is 1. The lowest BCUT2D eigenvalue weighted by molar-refractivity contribution is -0.0855. The van der Waals surface area contributed by atoms with Crippen molar-refractivity contribution in [2.75, 3.05) is 26.4 Å². The number of nitrogens with one attached hydrogen (secondary N) is 2. The van der Waals surface area contributed by atoms with Crippen LogP contribution in [0, 0.1) is 0 Å². The Balaban J connectivity index is 1.75. The second-order valence-electron chi connectivity index (χ2n) is 3.13. The van der Waals surface area contributed by atoms with Gasteiger partial charge in [-0.05, 0) is 0 Å². The van der Waals surface area contributed by atoms with Gasteiger partial charge < -0.3 is 14.8 Å². The summed E-state index contributed by atoms with van der Waals surface area (Å²) in [7, 11) is 0. The van der Waals surface area contributed by atoms with Crippen molar-refractivity contribution in [3.8, 4) is 0 Å². The number of carbonyl (C=O) groups is 1. The molecule has 1 unspecified atom stereocenters. The van der Waals surface area contributed by atoms with Gasteiger partial charge in [-0.2, -0.15) is 15.4 Å². The van der Waals surface area contributed by atoms with Crippen LogP contribution in [0.15, 0.2) is 6.20 Å². The van der Waals surface area contributed by atoms with Crippen molar-refractivity contribution in [3.05, 3.63) is 11.9 Å². The van der Waals surface area contributed by atoms with Crippen LogP contribution in [0.2, 0.25) is 0 Å². The van der Waals surface area contributed by atoms with E-state index in [2.05, 4.69) is 20.7 Å². The van der Waals surface area contributed by atoms with Crippen LogP contribution in [-0.2, 0) is 9.47 Å². The normalized spacial score (nSPS) is 21.2. The van der Waals surface area contributed by atoms with E-state index in [4.69, 9.17) is 9.47 Å². The molecule has 2 rings (SSSR count). The van der Waals surface area contributed by atoms with Gasteiger partial charge >= 0.3 is 0 Å². The van der Waals surface area contributed by atoms with Crippen LogP contribution in [0.1, 0.15) is 10.5 Å². The van der Waals surface area contributed by atoms with Gasteiger partial charge in [0.25, 0.3) is 5.91 Å². The number of hydrogen-bond donors (Lipinski definition) is 2. The zero-order valence-corrected chi connectivity index (χ0v) is 8.10. The van der Waals surface area contributed by atoms with Gasteiger partial charge in [0, 0.05) is 6.54 Å². The van der Waals surface area contributed by atoms with E-state index in [1.807, 2.05) is 0 Å². The van der Waals surface area contributed by atoms with Crippen LogP contribution >= 0.6 is 0 Å². The van der Waals surface area contributed by atoms with Crippen molar-refractivity contribution in [3.63, 3.8) is 0 Å². The van der Waals surface area contributed by atoms with Crippen LogP contribution in [-0.4, -0.2) is 53.8 Å². The standard InChI is InChI=1S/C8H12N4O3/c13-8(7-4-10-12-11-7)9-3-6-5-14-1-2-15-6/h4,6H,1-3,5H2,(H,9,13)(H,10,11,12). The van der Waals surface area contributed by atoms with E-state index in [1.54, 1.807) is 0 Å². The first-order valence-electron chi connectivity index (χ1n) is 4.69. The largest absolute Gasteiger partial charge is 0.376 e. The molecule has 1 aromatic rings. The summed E-state index contributed by atoms with van der Waals surface area (Å²) in [5.74, 6) is -0.266. The van der Waals surface area contributed by atoms with Crippen LogP contribution in [0.3, 0.4) is 0 Å². The third-order valence-corrected chi connectivity index (χ3v) is 2.02. The number of rotatable bonds is 3. The summed E-state index contributed by atoms with van der Waals surface area (Å²) in [5.41, 5.74) is 0.270. The molecule has 1 atom stereocenters. The number of hydrogen-bond acceptors (Lipinski definition) is 5. The van der Waals surface area contributed by atoms with Gasteiger partial charge in [-0.25, -0.2) is 0 Å². The second kappa shape index (κ2) is 4.85. The molecule has 82 valence electrons. The van der Waals surface area contributed by atoms with E-state index in [1.165, 1.54) is 6.20 Å². The first-order chi connectivity index (χ1) is 7.36. The highest BCUT2D eigenvalue weighted by molar-refractivity contribution is 5.91. The van der Waals surface area contributed by atoms with Crippen molar-refractivity contribution in [1.29, 1.82) is 0 Å². The molecule has 1 aromatic heterocycles. The van der Waals surface area contributed by atoms with E-state index in [9.17, 15) is 4.79 Å². The molecule has 1 aliphatic rings. The molecule has 0 aromatic carbocycles. The van der Waals surface area contributed by atoms with E-state index in [0.29, 0.717) is 26.4 Å². The molecule has 7 nitrogen and oxygen atoms in total. The zero-order valence-electron chi connectivity index (χ0n) is 8.10. The van der Waals surface area contributed by atoms with Crippen molar-refractivity contribution >= 4 is 5.91 Å². The SMILES string of the molecule is O=C(NCC1COCCO1)c1cn[nH]n1. The minimum Gasteiger partial charge on any atom is -0.376 e. The lowest BCUT2D eigenvalue weighted by Gasteiger charge is -2.22. The van der Waals surface area contributed by atoms with Crippen LogP contribution in [0.4, 0.5) is 0 Å². The summed E-state index contributed by atoms with van der Waals surface area (Å²) < 4.78 is 10.6. The molecular weight excluding hydrogens is 200 g/mol. The van der Waals surface area contributed by atoms with Gasteiger partial charge in [0.2, 0.25) is 0 Å². The van der Waals surface area contributed by atoms with Gasteiger partial charge in [0.1, 0.15) is 0 Å². The molecule has 7 heteroatoms. The molecule has 1 amide bonds. The molecule has 2 heterocycles. The Morgan fingerprint density at radius 2 is 2.60 bits per heavy atom. The third kappa shape index (κ3) is 2.74. The van der Waals surface area contributed by atoms with Crippen molar-refractivity contribution < 1.29 is 14.3 Å². The van der Waals surface area contributed by atoms with E-state index < -0.39 is 0 Å². The number of amides is 1. The van der Waals surface area contributed by atoms with E-state index in [0.717, 1.165) is 0 Å².